The summed E-state index contributed by atoms with van der Waals surface area (Å²) in [7, 11) is 0. The van der Waals surface area contributed by atoms with Crippen molar-refractivity contribution >= 4 is 11.8 Å². The first-order chi connectivity index (χ1) is 9.47. The van der Waals surface area contributed by atoms with Crippen LogP contribution in [0.15, 0.2) is 24.3 Å². The molecular weight excluding hydrogens is 260 g/mol. The van der Waals surface area contributed by atoms with E-state index in [1.54, 1.807) is 32.0 Å². The molecule has 0 aromatic heterocycles. The van der Waals surface area contributed by atoms with Gasteiger partial charge in [0, 0.05) is 11.1 Å². The summed E-state index contributed by atoms with van der Waals surface area (Å²) >= 11 is 0. The summed E-state index contributed by atoms with van der Waals surface area (Å²) in [6, 6.07) is 6.07. The maximum absolute atomic E-state index is 11.8. The van der Waals surface area contributed by atoms with Gasteiger partial charge in [-0.05, 0) is 31.0 Å². The van der Waals surface area contributed by atoms with Crippen molar-refractivity contribution in [1.29, 1.82) is 0 Å². The molecule has 0 spiro atoms. The summed E-state index contributed by atoms with van der Waals surface area (Å²) in [5.74, 6) is -0.907. The lowest BCUT2D eigenvalue weighted by atomic mass is 10.1. The zero-order chi connectivity index (χ0) is 15.1. The van der Waals surface area contributed by atoms with E-state index in [2.05, 4.69) is 10.6 Å². The number of nitrogens with one attached hydrogen (secondary N) is 2. The fourth-order valence-corrected chi connectivity index (χ4v) is 1.48. The number of carbonyl (C=O) groups excluding carboxylic acids is 2. The fourth-order valence-electron chi connectivity index (χ4n) is 1.48. The topological polar surface area (TPSA) is 98.7 Å². The summed E-state index contributed by atoms with van der Waals surface area (Å²) in [4.78, 5) is 23.6. The predicted molar refractivity (Wildman–Crippen MR) is 74.0 cm³/mol. The van der Waals surface area contributed by atoms with Crippen LogP contribution in [0.2, 0.25) is 0 Å². The van der Waals surface area contributed by atoms with Crippen LogP contribution in [0.1, 0.15) is 47.4 Å². The van der Waals surface area contributed by atoms with E-state index in [-0.39, 0.29) is 11.1 Å². The van der Waals surface area contributed by atoms with Crippen molar-refractivity contribution in [2.75, 3.05) is 0 Å². The van der Waals surface area contributed by atoms with Gasteiger partial charge in [0.1, 0.15) is 12.5 Å². The summed E-state index contributed by atoms with van der Waals surface area (Å²) < 4.78 is 0. The highest BCUT2D eigenvalue weighted by atomic mass is 16.3. The number of aliphatic hydroxyl groups is 2. The van der Waals surface area contributed by atoms with Crippen molar-refractivity contribution in [3.05, 3.63) is 35.4 Å². The SMILES string of the molecule is CCC(O)NC(=O)c1cccc(C(=O)NC(O)CC)c1. The minimum absolute atomic E-state index is 0.274. The molecular formula is C14H20N2O4. The third kappa shape index (κ3) is 4.64. The predicted octanol–water partition coefficient (Wildman–Crippen LogP) is 0.603. The van der Waals surface area contributed by atoms with Crippen molar-refractivity contribution in [3.8, 4) is 0 Å². The Hall–Kier alpha value is -1.92. The minimum Gasteiger partial charge on any atom is -0.374 e. The third-order valence-electron chi connectivity index (χ3n) is 2.76. The Morgan fingerprint density at radius 1 is 1.00 bits per heavy atom. The first-order valence-corrected chi connectivity index (χ1v) is 6.55. The van der Waals surface area contributed by atoms with Crippen molar-refractivity contribution in [1.82, 2.24) is 10.6 Å². The number of rotatable bonds is 6. The van der Waals surface area contributed by atoms with Gasteiger partial charge in [0.2, 0.25) is 0 Å². The van der Waals surface area contributed by atoms with Gasteiger partial charge in [-0.25, -0.2) is 0 Å². The molecule has 0 fully saturated rings. The molecule has 0 saturated carbocycles. The Morgan fingerprint density at radius 3 is 1.75 bits per heavy atom. The fraction of sp³-hybridized carbons (Fsp3) is 0.429. The lowest BCUT2D eigenvalue weighted by Crippen LogP contribution is -2.35. The Bertz CT molecular complexity index is 437. The van der Waals surface area contributed by atoms with Crippen LogP contribution >= 0.6 is 0 Å². The monoisotopic (exact) mass is 280 g/mol. The van der Waals surface area contributed by atoms with Crippen molar-refractivity contribution in [2.45, 2.75) is 39.1 Å². The molecule has 2 unspecified atom stereocenters. The maximum atomic E-state index is 11.8. The van der Waals surface area contributed by atoms with Gasteiger partial charge in [0.25, 0.3) is 11.8 Å². The van der Waals surface area contributed by atoms with E-state index in [0.717, 1.165) is 0 Å². The van der Waals surface area contributed by atoms with E-state index in [4.69, 9.17) is 0 Å². The van der Waals surface area contributed by atoms with Gasteiger partial charge in [-0.3, -0.25) is 9.59 Å². The van der Waals surface area contributed by atoms with E-state index < -0.39 is 24.3 Å². The van der Waals surface area contributed by atoms with Crippen LogP contribution in [0.3, 0.4) is 0 Å². The number of hydrogen-bond acceptors (Lipinski definition) is 4. The van der Waals surface area contributed by atoms with Crippen LogP contribution in [0.5, 0.6) is 0 Å². The van der Waals surface area contributed by atoms with Crippen LogP contribution in [0.25, 0.3) is 0 Å². The minimum atomic E-state index is -0.915. The van der Waals surface area contributed by atoms with Gasteiger partial charge in [0.05, 0.1) is 0 Å². The summed E-state index contributed by atoms with van der Waals surface area (Å²) in [6.07, 6.45) is -1.03. The highest BCUT2D eigenvalue weighted by Gasteiger charge is 2.13. The molecule has 2 amide bonds. The normalized spacial score (nSPS) is 13.4. The standard InChI is InChI=1S/C14H20N2O4/c1-3-11(17)15-13(19)9-6-5-7-10(8-9)14(20)16-12(18)4-2/h5-8,11-12,17-18H,3-4H2,1-2H3,(H,15,19)(H,16,20). The Labute approximate surface area is 117 Å². The molecule has 0 aliphatic rings. The van der Waals surface area contributed by atoms with Gasteiger partial charge in [0.15, 0.2) is 0 Å². The van der Waals surface area contributed by atoms with E-state index in [1.165, 1.54) is 6.07 Å². The molecule has 6 nitrogen and oxygen atoms in total. The highest BCUT2D eigenvalue weighted by Crippen LogP contribution is 2.06. The summed E-state index contributed by atoms with van der Waals surface area (Å²) in [6.45, 7) is 3.47. The molecule has 6 heteroatoms. The van der Waals surface area contributed by atoms with Crippen LogP contribution in [0.4, 0.5) is 0 Å². The average Bonchev–Trinajstić information content (AvgIpc) is 2.46. The Morgan fingerprint density at radius 2 is 1.40 bits per heavy atom. The van der Waals surface area contributed by atoms with E-state index in [0.29, 0.717) is 12.8 Å². The zero-order valence-electron chi connectivity index (χ0n) is 11.6. The molecule has 4 N–H and O–H groups in total. The van der Waals surface area contributed by atoms with E-state index in [1.807, 2.05) is 0 Å². The molecule has 0 bridgehead atoms. The van der Waals surface area contributed by atoms with Gasteiger partial charge >= 0.3 is 0 Å². The molecule has 1 rings (SSSR count). The quantitative estimate of drug-likeness (QED) is 0.574. The lowest BCUT2D eigenvalue weighted by Gasteiger charge is -2.12. The van der Waals surface area contributed by atoms with Crippen molar-refractivity contribution in [3.63, 3.8) is 0 Å². The number of hydrogen-bond donors (Lipinski definition) is 4. The lowest BCUT2D eigenvalue weighted by molar-refractivity contribution is 0.0772. The number of aliphatic hydroxyl groups excluding tert-OH is 2. The molecule has 2 atom stereocenters. The van der Waals surface area contributed by atoms with Crippen molar-refractivity contribution in [2.24, 2.45) is 0 Å². The van der Waals surface area contributed by atoms with E-state index in [9.17, 15) is 19.8 Å². The second-order valence-electron chi connectivity index (χ2n) is 4.38. The van der Waals surface area contributed by atoms with Crippen molar-refractivity contribution < 1.29 is 19.8 Å². The van der Waals surface area contributed by atoms with Crippen LogP contribution in [-0.2, 0) is 0 Å². The molecule has 0 aliphatic heterocycles. The summed E-state index contributed by atoms with van der Waals surface area (Å²) in [5, 5.41) is 23.5. The Balaban J connectivity index is 2.80. The largest absolute Gasteiger partial charge is 0.374 e. The van der Waals surface area contributed by atoms with Gasteiger partial charge in [-0.2, -0.15) is 0 Å². The summed E-state index contributed by atoms with van der Waals surface area (Å²) in [5.41, 5.74) is 0.548. The first-order valence-electron chi connectivity index (χ1n) is 6.55. The van der Waals surface area contributed by atoms with Gasteiger partial charge in [-0.15, -0.1) is 0 Å². The smallest absolute Gasteiger partial charge is 0.253 e. The molecule has 0 radical (unpaired) electrons. The van der Waals surface area contributed by atoms with Gasteiger partial charge < -0.3 is 20.8 Å². The molecule has 1 aromatic carbocycles. The van der Waals surface area contributed by atoms with E-state index >= 15 is 0 Å². The second kappa shape index (κ2) is 7.62. The van der Waals surface area contributed by atoms with Crippen LogP contribution in [0, 0.1) is 0 Å². The highest BCUT2D eigenvalue weighted by molar-refractivity contribution is 5.99. The second-order valence-corrected chi connectivity index (χ2v) is 4.38. The van der Waals surface area contributed by atoms with Gasteiger partial charge in [-0.1, -0.05) is 19.9 Å². The molecule has 0 aliphatic carbocycles. The molecule has 110 valence electrons. The zero-order valence-corrected chi connectivity index (χ0v) is 11.6. The van der Waals surface area contributed by atoms with Crippen LogP contribution < -0.4 is 10.6 Å². The molecule has 1 aromatic rings. The Kier molecular flexibility index (Phi) is 6.14. The third-order valence-corrected chi connectivity index (χ3v) is 2.76. The number of carbonyl (C=O) groups is 2. The molecule has 0 saturated heterocycles. The average molecular weight is 280 g/mol. The maximum Gasteiger partial charge on any atom is 0.253 e. The number of benzene rings is 1. The van der Waals surface area contributed by atoms with Crippen LogP contribution in [-0.4, -0.2) is 34.5 Å². The first kappa shape index (κ1) is 16.1. The molecule has 20 heavy (non-hydrogen) atoms. The number of amides is 2. The molecule has 0 heterocycles.